The van der Waals surface area contributed by atoms with E-state index in [4.69, 9.17) is 32.5 Å². The van der Waals surface area contributed by atoms with E-state index in [1.54, 1.807) is 0 Å². The van der Waals surface area contributed by atoms with Crippen molar-refractivity contribution >= 4 is 17.5 Å². The van der Waals surface area contributed by atoms with Crippen LogP contribution in [0.15, 0.2) is 12.1 Å². The van der Waals surface area contributed by atoms with Crippen molar-refractivity contribution in [1.82, 2.24) is 4.90 Å². The monoisotopic (exact) mass is 355 g/mol. The fraction of sp³-hybridized carbons (Fsp3) is 0.588. The van der Waals surface area contributed by atoms with Crippen LogP contribution in [0.1, 0.15) is 25.3 Å². The Balaban J connectivity index is 2.16. The van der Waals surface area contributed by atoms with Crippen molar-refractivity contribution in [2.75, 3.05) is 26.8 Å². The first kappa shape index (κ1) is 18.8. The van der Waals surface area contributed by atoms with Crippen molar-refractivity contribution in [3.8, 4) is 11.5 Å². The van der Waals surface area contributed by atoms with Crippen molar-refractivity contribution in [2.24, 2.45) is 17.4 Å². The zero-order valence-corrected chi connectivity index (χ0v) is 15.0. The summed E-state index contributed by atoms with van der Waals surface area (Å²) in [6.45, 7) is 4.44. The van der Waals surface area contributed by atoms with Crippen molar-refractivity contribution in [3.63, 3.8) is 0 Å². The van der Waals surface area contributed by atoms with E-state index in [2.05, 4.69) is 11.8 Å². The number of primary amides is 1. The summed E-state index contributed by atoms with van der Waals surface area (Å²) in [7, 11) is 1.54. The smallest absolute Gasteiger partial charge is 0.255 e. The molecule has 2 atom stereocenters. The molecule has 1 heterocycles. The average molecular weight is 356 g/mol. The van der Waals surface area contributed by atoms with E-state index in [-0.39, 0.29) is 6.61 Å². The largest absolute Gasteiger partial charge is 0.493 e. The van der Waals surface area contributed by atoms with Crippen LogP contribution < -0.4 is 20.9 Å². The summed E-state index contributed by atoms with van der Waals surface area (Å²) < 4.78 is 10.7. The Morgan fingerprint density at radius 1 is 1.46 bits per heavy atom. The van der Waals surface area contributed by atoms with E-state index >= 15 is 0 Å². The fourth-order valence-electron chi connectivity index (χ4n) is 3.14. The molecule has 1 aromatic carbocycles. The number of halogens is 1. The van der Waals surface area contributed by atoms with Crippen LogP contribution in [0.3, 0.4) is 0 Å². The molecule has 134 valence electrons. The summed E-state index contributed by atoms with van der Waals surface area (Å²) >= 11 is 6.31. The van der Waals surface area contributed by atoms with Crippen molar-refractivity contribution in [2.45, 2.75) is 32.4 Å². The van der Waals surface area contributed by atoms with Gasteiger partial charge in [0.1, 0.15) is 0 Å². The molecule has 1 fully saturated rings. The van der Waals surface area contributed by atoms with Gasteiger partial charge in [-0.05, 0) is 43.0 Å². The highest BCUT2D eigenvalue weighted by Gasteiger charge is 2.25. The first-order valence-electron chi connectivity index (χ1n) is 8.16. The molecule has 7 heteroatoms. The van der Waals surface area contributed by atoms with Gasteiger partial charge in [0.15, 0.2) is 18.1 Å². The van der Waals surface area contributed by atoms with Crippen LogP contribution >= 0.6 is 11.6 Å². The molecule has 4 N–H and O–H groups in total. The molecular weight excluding hydrogens is 330 g/mol. The molecule has 24 heavy (non-hydrogen) atoms. The SMILES string of the molecule is COc1cc(CN2CCC(C)CC2CN)cc(Cl)c1OCC(N)=O. The van der Waals surface area contributed by atoms with Crippen LogP contribution in [-0.4, -0.2) is 43.7 Å². The summed E-state index contributed by atoms with van der Waals surface area (Å²) in [6.07, 6.45) is 2.28. The Labute approximate surface area is 148 Å². The third-order valence-corrected chi connectivity index (χ3v) is 4.69. The standard InChI is InChI=1S/C17H26ClN3O3/c1-11-3-4-21(13(5-11)8-19)9-12-6-14(18)17(15(7-12)23-2)24-10-16(20)22/h6-7,11,13H,3-5,8-10,19H2,1-2H3,(H2,20,22). The number of ether oxygens (including phenoxy) is 2. The quantitative estimate of drug-likeness (QED) is 0.777. The van der Waals surface area contributed by atoms with Gasteiger partial charge >= 0.3 is 0 Å². The molecule has 1 aromatic rings. The minimum Gasteiger partial charge on any atom is -0.493 e. The van der Waals surface area contributed by atoms with Gasteiger partial charge in [-0.1, -0.05) is 18.5 Å². The maximum absolute atomic E-state index is 10.9. The van der Waals surface area contributed by atoms with E-state index in [1.807, 2.05) is 12.1 Å². The Hall–Kier alpha value is -1.50. The van der Waals surface area contributed by atoms with E-state index < -0.39 is 5.91 Å². The molecule has 0 bridgehead atoms. The summed E-state index contributed by atoms with van der Waals surface area (Å²) in [5, 5.41) is 0.403. The lowest BCUT2D eigenvalue weighted by Crippen LogP contribution is -2.45. The minimum atomic E-state index is -0.564. The number of piperidine rings is 1. The van der Waals surface area contributed by atoms with Gasteiger partial charge in [-0.25, -0.2) is 0 Å². The van der Waals surface area contributed by atoms with E-state index in [0.29, 0.717) is 35.0 Å². The Bertz CT molecular complexity index is 582. The molecule has 2 rings (SSSR count). The van der Waals surface area contributed by atoms with Crippen LogP contribution in [0, 0.1) is 5.92 Å². The van der Waals surface area contributed by atoms with Gasteiger partial charge < -0.3 is 20.9 Å². The second-order valence-electron chi connectivity index (χ2n) is 6.35. The lowest BCUT2D eigenvalue weighted by atomic mass is 9.92. The molecule has 0 aromatic heterocycles. The van der Waals surface area contributed by atoms with Crippen LogP contribution in [-0.2, 0) is 11.3 Å². The number of carbonyl (C=O) groups excluding carboxylic acids is 1. The third kappa shape index (κ3) is 4.75. The molecule has 2 unspecified atom stereocenters. The summed E-state index contributed by atoms with van der Waals surface area (Å²) in [5.74, 6) is 0.973. The first-order valence-corrected chi connectivity index (χ1v) is 8.54. The molecule has 0 radical (unpaired) electrons. The molecule has 1 saturated heterocycles. The average Bonchev–Trinajstić information content (AvgIpc) is 2.54. The second kappa shape index (κ2) is 8.55. The van der Waals surface area contributed by atoms with Gasteiger partial charge in [0.05, 0.1) is 12.1 Å². The maximum Gasteiger partial charge on any atom is 0.255 e. The molecule has 6 nitrogen and oxygen atoms in total. The van der Waals surface area contributed by atoms with E-state index in [1.165, 1.54) is 13.5 Å². The molecule has 0 spiro atoms. The Morgan fingerprint density at radius 2 is 2.21 bits per heavy atom. The molecule has 0 saturated carbocycles. The van der Waals surface area contributed by atoms with E-state index in [0.717, 1.165) is 25.1 Å². The zero-order valence-electron chi connectivity index (χ0n) is 14.3. The first-order chi connectivity index (χ1) is 11.4. The number of methoxy groups -OCH3 is 1. The number of benzene rings is 1. The van der Waals surface area contributed by atoms with E-state index in [9.17, 15) is 4.79 Å². The number of rotatable bonds is 7. The highest BCUT2D eigenvalue weighted by molar-refractivity contribution is 6.32. The van der Waals surface area contributed by atoms with Crippen LogP contribution in [0.5, 0.6) is 11.5 Å². The number of nitrogens with zero attached hydrogens (tertiary/aromatic N) is 1. The Morgan fingerprint density at radius 3 is 2.83 bits per heavy atom. The van der Waals surface area contributed by atoms with Gasteiger partial charge in [-0.2, -0.15) is 0 Å². The summed E-state index contributed by atoms with van der Waals surface area (Å²) in [6, 6.07) is 4.10. The number of hydrogen-bond donors (Lipinski definition) is 2. The highest BCUT2D eigenvalue weighted by Crippen LogP contribution is 2.37. The van der Waals surface area contributed by atoms with Crippen molar-refractivity contribution in [3.05, 3.63) is 22.7 Å². The third-order valence-electron chi connectivity index (χ3n) is 4.41. The number of hydrogen-bond acceptors (Lipinski definition) is 5. The van der Waals surface area contributed by atoms with Gasteiger partial charge in [0, 0.05) is 19.1 Å². The number of nitrogens with two attached hydrogens (primary N) is 2. The summed E-state index contributed by atoms with van der Waals surface area (Å²) in [4.78, 5) is 13.3. The normalized spacial score (nSPS) is 21.5. The lowest BCUT2D eigenvalue weighted by molar-refractivity contribution is -0.119. The highest BCUT2D eigenvalue weighted by atomic mass is 35.5. The lowest BCUT2D eigenvalue weighted by Gasteiger charge is -2.38. The topological polar surface area (TPSA) is 90.8 Å². The number of likely N-dealkylation sites (tertiary alicyclic amines) is 1. The summed E-state index contributed by atoms with van der Waals surface area (Å²) in [5.41, 5.74) is 12.1. The second-order valence-corrected chi connectivity index (χ2v) is 6.76. The molecule has 1 amide bonds. The predicted molar refractivity (Wildman–Crippen MR) is 94.3 cm³/mol. The predicted octanol–water partition coefficient (Wildman–Crippen LogP) is 1.77. The van der Waals surface area contributed by atoms with Gasteiger partial charge in [0.2, 0.25) is 0 Å². The van der Waals surface area contributed by atoms with Crippen molar-refractivity contribution < 1.29 is 14.3 Å². The van der Waals surface area contributed by atoms with Gasteiger partial charge in [0.25, 0.3) is 5.91 Å². The number of carbonyl (C=O) groups is 1. The van der Waals surface area contributed by atoms with Gasteiger partial charge in [-0.15, -0.1) is 0 Å². The fourth-order valence-corrected chi connectivity index (χ4v) is 3.42. The maximum atomic E-state index is 10.9. The van der Waals surface area contributed by atoms with Crippen LogP contribution in [0.2, 0.25) is 5.02 Å². The Kier molecular flexibility index (Phi) is 6.71. The number of amides is 1. The molecule has 0 aliphatic carbocycles. The van der Waals surface area contributed by atoms with Crippen LogP contribution in [0.4, 0.5) is 0 Å². The van der Waals surface area contributed by atoms with Crippen LogP contribution in [0.25, 0.3) is 0 Å². The minimum absolute atomic E-state index is 0.241. The zero-order chi connectivity index (χ0) is 17.7. The molecule has 1 aliphatic heterocycles. The molecular formula is C17H26ClN3O3. The molecule has 1 aliphatic rings. The van der Waals surface area contributed by atoms with Crippen molar-refractivity contribution in [1.29, 1.82) is 0 Å². The van der Waals surface area contributed by atoms with Gasteiger partial charge in [-0.3, -0.25) is 9.69 Å².